The third-order valence-corrected chi connectivity index (χ3v) is 4.85. The number of allylic oxidation sites excluding steroid dienone is 1. The molecule has 0 bridgehead atoms. The van der Waals surface area contributed by atoms with Gasteiger partial charge in [-0.2, -0.15) is 0 Å². The Labute approximate surface area is 173 Å². The summed E-state index contributed by atoms with van der Waals surface area (Å²) in [5.74, 6) is -1.48. The second kappa shape index (κ2) is 8.32. The van der Waals surface area contributed by atoms with Gasteiger partial charge in [0.15, 0.2) is 0 Å². The molecule has 0 saturated carbocycles. The van der Waals surface area contributed by atoms with Crippen LogP contribution in [-0.4, -0.2) is 32.1 Å². The number of hydrogen-bond donors (Lipinski definition) is 0. The molecular formula is C22H18ClNO5. The van der Waals surface area contributed by atoms with Crippen LogP contribution in [0, 0.1) is 0 Å². The van der Waals surface area contributed by atoms with Gasteiger partial charge in [-0.25, -0.2) is 9.59 Å². The quantitative estimate of drug-likeness (QED) is 0.561. The molecule has 1 heterocycles. The lowest BCUT2D eigenvalue weighted by atomic mass is 10.0. The van der Waals surface area contributed by atoms with Gasteiger partial charge in [0.25, 0.3) is 5.91 Å². The maximum Gasteiger partial charge on any atom is 0.340 e. The number of esters is 2. The number of halogens is 1. The van der Waals surface area contributed by atoms with E-state index >= 15 is 0 Å². The summed E-state index contributed by atoms with van der Waals surface area (Å²) in [5.41, 5.74) is 2.26. The highest BCUT2D eigenvalue weighted by Gasteiger charge is 2.38. The molecule has 0 aliphatic carbocycles. The van der Waals surface area contributed by atoms with E-state index in [0.29, 0.717) is 27.5 Å². The van der Waals surface area contributed by atoms with Crippen LogP contribution in [0.4, 0.5) is 5.69 Å². The number of carbonyl (C=O) groups is 3. The van der Waals surface area contributed by atoms with Gasteiger partial charge in [-0.05, 0) is 42.8 Å². The summed E-state index contributed by atoms with van der Waals surface area (Å²) in [6.45, 7) is 1.66. The first-order valence-corrected chi connectivity index (χ1v) is 9.05. The summed E-state index contributed by atoms with van der Waals surface area (Å²) in [6.07, 6.45) is 1.58. The average molecular weight is 412 g/mol. The fourth-order valence-corrected chi connectivity index (χ4v) is 3.32. The number of nitrogens with zero attached hydrogens (tertiary/aromatic N) is 1. The van der Waals surface area contributed by atoms with Crippen molar-refractivity contribution < 1.29 is 23.9 Å². The van der Waals surface area contributed by atoms with E-state index in [0.717, 1.165) is 0 Å². The molecule has 6 nitrogen and oxygen atoms in total. The van der Waals surface area contributed by atoms with Crippen molar-refractivity contribution in [2.24, 2.45) is 0 Å². The number of rotatable bonds is 4. The van der Waals surface area contributed by atoms with Crippen molar-refractivity contribution in [3.63, 3.8) is 0 Å². The lowest BCUT2D eigenvalue weighted by Crippen LogP contribution is -2.24. The van der Waals surface area contributed by atoms with Crippen LogP contribution < -0.4 is 4.90 Å². The standard InChI is InChI=1S/C22H18ClNO5/c1-13-19(22(27)29-3)16(12-14-8-10-15(11-9-14)21(26)28-2)20(25)24(13)18-7-5-4-6-17(18)23/h4-12H,1-3H3/b16-12-. The molecule has 0 unspecified atom stereocenters. The van der Waals surface area contributed by atoms with Gasteiger partial charge >= 0.3 is 11.9 Å². The van der Waals surface area contributed by atoms with E-state index in [-0.39, 0.29) is 11.1 Å². The first-order valence-electron chi connectivity index (χ1n) is 8.67. The Bertz CT molecular complexity index is 1050. The molecule has 0 spiro atoms. The average Bonchev–Trinajstić information content (AvgIpc) is 2.97. The lowest BCUT2D eigenvalue weighted by Gasteiger charge is -2.19. The van der Waals surface area contributed by atoms with Crippen LogP contribution in [0.25, 0.3) is 6.08 Å². The number of methoxy groups -OCH3 is 2. The van der Waals surface area contributed by atoms with E-state index in [1.165, 1.54) is 19.1 Å². The number of para-hydroxylation sites is 1. The zero-order valence-electron chi connectivity index (χ0n) is 16.1. The fourth-order valence-electron chi connectivity index (χ4n) is 3.10. The molecule has 29 heavy (non-hydrogen) atoms. The highest BCUT2D eigenvalue weighted by atomic mass is 35.5. The van der Waals surface area contributed by atoms with Gasteiger partial charge in [0.1, 0.15) is 0 Å². The summed E-state index contributed by atoms with van der Waals surface area (Å²) < 4.78 is 9.57. The van der Waals surface area contributed by atoms with Crippen LogP contribution in [0.3, 0.4) is 0 Å². The van der Waals surface area contributed by atoms with E-state index in [4.69, 9.17) is 16.3 Å². The molecule has 2 aromatic rings. The van der Waals surface area contributed by atoms with Crippen LogP contribution in [0.5, 0.6) is 0 Å². The number of anilines is 1. The van der Waals surface area contributed by atoms with Gasteiger partial charge in [-0.15, -0.1) is 0 Å². The highest BCUT2D eigenvalue weighted by Crippen LogP contribution is 2.38. The van der Waals surface area contributed by atoms with Gasteiger partial charge in [0, 0.05) is 5.70 Å². The van der Waals surface area contributed by atoms with E-state index in [1.54, 1.807) is 61.5 Å². The Balaban J connectivity index is 2.09. The summed E-state index contributed by atoms with van der Waals surface area (Å²) in [5, 5.41) is 0.382. The van der Waals surface area contributed by atoms with Crippen LogP contribution in [-0.2, 0) is 19.1 Å². The maximum atomic E-state index is 13.2. The van der Waals surface area contributed by atoms with E-state index in [1.807, 2.05) is 0 Å². The topological polar surface area (TPSA) is 72.9 Å². The minimum Gasteiger partial charge on any atom is -0.465 e. The molecule has 7 heteroatoms. The number of hydrogen-bond acceptors (Lipinski definition) is 5. The molecule has 3 rings (SSSR count). The zero-order valence-corrected chi connectivity index (χ0v) is 16.8. The Morgan fingerprint density at radius 1 is 0.966 bits per heavy atom. The van der Waals surface area contributed by atoms with E-state index in [9.17, 15) is 14.4 Å². The highest BCUT2D eigenvalue weighted by molar-refractivity contribution is 6.35. The molecule has 2 aromatic carbocycles. The SMILES string of the molecule is COC(=O)C1=C(C)N(c2ccccc2Cl)C(=O)/C1=C\c1ccc(C(=O)OC)cc1. The smallest absolute Gasteiger partial charge is 0.340 e. The Kier molecular flexibility index (Phi) is 5.84. The van der Waals surface area contributed by atoms with Gasteiger partial charge in [-0.1, -0.05) is 35.9 Å². The first kappa shape index (κ1) is 20.4. The van der Waals surface area contributed by atoms with Crippen LogP contribution in [0.2, 0.25) is 5.02 Å². The number of benzene rings is 2. The Morgan fingerprint density at radius 2 is 1.59 bits per heavy atom. The van der Waals surface area contributed by atoms with Crippen LogP contribution >= 0.6 is 11.6 Å². The molecule has 1 aliphatic heterocycles. The molecule has 0 atom stereocenters. The predicted molar refractivity (Wildman–Crippen MR) is 109 cm³/mol. The molecule has 0 radical (unpaired) electrons. The summed E-state index contributed by atoms with van der Waals surface area (Å²) in [6, 6.07) is 13.4. The molecule has 1 amide bonds. The van der Waals surface area contributed by atoms with Crippen molar-refractivity contribution in [2.75, 3.05) is 19.1 Å². The molecule has 0 aromatic heterocycles. The van der Waals surface area contributed by atoms with E-state index < -0.39 is 17.8 Å². The van der Waals surface area contributed by atoms with Crippen molar-refractivity contribution in [2.45, 2.75) is 6.92 Å². The first-order chi connectivity index (χ1) is 13.9. The third kappa shape index (κ3) is 3.79. The van der Waals surface area contributed by atoms with Crippen molar-refractivity contribution in [1.82, 2.24) is 0 Å². The monoisotopic (exact) mass is 411 g/mol. The molecule has 1 aliphatic rings. The zero-order chi connectivity index (χ0) is 21.1. The number of amides is 1. The molecule has 0 N–H and O–H groups in total. The minimum atomic E-state index is -0.622. The second-order valence-electron chi connectivity index (χ2n) is 6.22. The Hall–Kier alpha value is -3.38. The minimum absolute atomic E-state index is 0.162. The fraction of sp³-hybridized carbons (Fsp3) is 0.136. The van der Waals surface area contributed by atoms with Crippen molar-refractivity contribution in [3.05, 3.63) is 81.5 Å². The normalized spacial score (nSPS) is 15.1. The third-order valence-electron chi connectivity index (χ3n) is 4.53. The van der Waals surface area contributed by atoms with Crippen LogP contribution in [0.1, 0.15) is 22.8 Å². The predicted octanol–water partition coefficient (Wildman–Crippen LogP) is 4.00. The summed E-state index contributed by atoms with van der Waals surface area (Å²) >= 11 is 6.27. The van der Waals surface area contributed by atoms with Crippen molar-refractivity contribution >= 4 is 41.2 Å². The molecule has 0 fully saturated rings. The number of ether oxygens (including phenoxy) is 2. The maximum absolute atomic E-state index is 13.2. The largest absolute Gasteiger partial charge is 0.465 e. The van der Waals surface area contributed by atoms with Gasteiger partial charge in [0.2, 0.25) is 0 Å². The molecule has 0 saturated heterocycles. The molecule has 148 valence electrons. The van der Waals surface area contributed by atoms with Crippen molar-refractivity contribution in [1.29, 1.82) is 0 Å². The number of carbonyl (C=O) groups excluding carboxylic acids is 3. The summed E-state index contributed by atoms with van der Waals surface area (Å²) in [4.78, 5) is 38.6. The summed E-state index contributed by atoms with van der Waals surface area (Å²) in [7, 11) is 2.56. The van der Waals surface area contributed by atoms with Crippen LogP contribution in [0.15, 0.2) is 65.4 Å². The van der Waals surface area contributed by atoms with Gasteiger partial charge in [-0.3, -0.25) is 9.69 Å². The second-order valence-corrected chi connectivity index (χ2v) is 6.62. The van der Waals surface area contributed by atoms with Crippen molar-refractivity contribution in [3.8, 4) is 0 Å². The lowest BCUT2D eigenvalue weighted by molar-refractivity contribution is -0.136. The van der Waals surface area contributed by atoms with Gasteiger partial charge in [0.05, 0.1) is 41.6 Å². The van der Waals surface area contributed by atoms with Gasteiger partial charge < -0.3 is 9.47 Å². The Morgan fingerprint density at radius 3 is 2.17 bits per heavy atom. The molecular weight excluding hydrogens is 394 g/mol. The van der Waals surface area contributed by atoms with E-state index in [2.05, 4.69) is 4.74 Å².